The van der Waals surface area contributed by atoms with E-state index in [1.807, 2.05) is 13.8 Å². The fraction of sp³-hybridized carbons (Fsp3) is 0.917. The summed E-state index contributed by atoms with van der Waals surface area (Å²) in [7, 11) is 0. The van der Waals surface area contributed by atoms with Gasteiger partial charge in [0.2, 0.25) is 0 Å². The SMILES string of the molecule is CC(C)(C#N)CCNC1CCCCC1. The third-order valence-electron chi connectivity index (χ3n) is 3.09. The molecule has 0 spiro atoms. The quantitative estimate of drug-likeness (QED) is 0.747. The summed E-state index contributed by atoms with van der Waals surface area (Å²) in [4.78, 5) is 0. The molecule has 1 saturated carbocycles. The number of rotatable bonds is 4. The van der Waals surface area contributed by atoms with Gasteiger partial charge in [-0.05, 0) is 39.7 Å². The van der Waals surface area contributed by atoms with Crippen molar-refractivity contribution in [2.45, 2.75) is 58.4 Å². The lowest BCUT2D eigenvalue weighted by Gasteiger charge is -2.24. The standard InChI is InChI=1S/C12H22N2/c1-12(2,10-13)8-9-14-11-6-4-3-5-7-11/h11,14H,3-9H2,1-2H3. The molecule has 0 radical (unpaired) electrons. The van der Waals surface area contributed by atoms with E-state index in [1.165, 1.54) is 32.1 Å². The molecule has 2 heteroatoms. The maximum Gasteiger partial charge on any atom is 0.0684 e. The Labute approximate surface area is 87.7 Å². The molecule has 1 rings (SSSR count). The van der Waals surface area contributed by atoms with Crippen LogP contribution in [0.25, 0.3) is 0 Å². The summed E-state index contributed by atoms with van der Waals surface area (Å²) >= 11 is 0. The molecule has 0 heterocycles. The van der Waals surface area contributed by atoms with Crippen LogP contribution in [-0.2, 0) is 0 Å². The molecule has 0 aromatic rings. The summed E-state index contributed by atoms with van der Waals surface area (Å²) in [6, 6.07) is 3.06. The van der Waals surface area contributed by atoms with E-state index in [1.54, 1.807) is 0 Å². The second-order valence-electron chi connectivity index (χ2n) is 5.03. The van der Waals surface area contributed by atoms with Crippen molar-refractivity contribution in [3.63, 3.8) is 0 Å². The van der Waals surface area contributed by atoms with Crippen LogP contribution >= 0.6 is 0 Å². The Morgan fingerprint density at radius 3 is 2.50 bits per heavy atom. The summed E-state index contributed by atoms with van der Waals surface area (Å²) in [6.07, 6.45) is 7.76. The van der Waals surface area contributed by atoms with Crippen LogP contribution in [0.3, 0.4) is 0 Å². The second-order valence-corrected chi connectivity index (χ2v) is 5.03. The van der Waals surface area contributed by atoms with Crippen molar-refractivity contribution in [1.82, 2.24) is 5.32 Å². The molecule has 0 bridgehead atoms. The van der Waals surface area contributed by atoms with Crippen LogP contribution in [0.2, 0.25) is 0 Å². The van der Waals surface area contributed by atoms with E-state index >= 15 is 0 Å². The van der Waals surface area contributed by atoms with Crippen LogP contribution in [0, 0.1) is 16.7 Å². The smallest absolute Gasteiger partial charge is 0.0684 e. The van der Waals surface area contributed by atoms with E-state index < -0.39 is 0 Å². The zero-order valence-electron chi connectivity index (χ0n) is 9.47. The highest BCUT2D eigenvalue weighted by Crippen LogP contribution is 2.20. The summed E-state index contributed by atoms with van der Waals surface area (Å²) in [5.74, 6) is 0. The Morgan fingerprint density at radius 2 is 1.93 bits per heavy atom. The molecule has 0 saturated heterocycles. The molecule has 0 unspecified atom stereocenters. The first-order valence-corrected chi connectivity index (χ1v) is 5.79. The van der Waals surface area contributed by atoms with Crippen LogP contribution in [0.4, 0.5) is 0 Å². The van der Waals surface area contributed by atoms with Crippen molar-refractivity contribution in [3.8, 4) is 6.07 Å². The van der Waals surface area contributed by atoms with Gasteiger partial charge in [0.1, 0.15) is 0 Å². The van der Waals surface area contributed by atoms with E-state index in [2.05, 4.69) is 11.4 Å². The lowest BCUT2D eigenvalue weighted by molar-refractivity contribution is 0.347. The third kappa shape index (κ3) is 4.11. The molecule has 0 aliphatic heterocycles. The molecule has 80 valence electrons. The van der Waals surface area contributed by atoms with E-state index in [0.29, 0.717) is 0 Å². The fourth-order valence-electron chi connectivity index (χ4n) is 1.95. The van der Waals surface area contributed by atoms with Gasteiger partial charge in [0.15, 0.2) is 0 Å². The number of hydrogen-bond acceptors (Lipinski definition) is 2. The fourth-order valence-corrected chi connectivity index (χ4v) is 1.95. The molecule has 2 nitrogen and oxygen atoms in total. The van der Waals surface area contributed by atoms with Crippen molar-refractivity contribution in [1.29, 1.82) is 5.26 Å². The summed E-state index contributed by atoms with van der Waals surface area (Å²) in [6.45, 7) is 5.01. The van der Waals surface area contributed by atoms with E-state index in [-0.39, 0.29) is 5.41 Å². The lowest BCUT2D eigenvalue weighted by atomic mass is 9.90. The van der Waals surface area contributed by atoms with Gasteiger partial charge >= 0.3 is 0 Å². The van der Waals surface area contributed by atoms with Gasteiger partial charge in [-0.2, -0.15) is 5.26 Å². The van der Waals surface area contributed by atoms with Gasteiger partial charge in [0.05, 0.1) is 11.5 Å². The van der Waals surface area contributed by atoms with Crippen LogP contribution in [0.15, 0.2) is 0 Å². The van der Waals surface area contributed by atoms with Gasteiger partial charge < -0.3 is 5.32 Å². The summed E-state index contributed by atoms with van der Waals surface area (Å²) in [5.41, 5.74) is -0.165. The van der Waals surface area contributed by atoms with E-state index in [9.17, 15) is 0 Å². The van der Waals surface area contributed by atoms with Crippen molar-refractivity contribution in [3.05, 3.63) is 0 Å². The number of nitrogens with zero attached hydrogens (tertiary/aromatic N) is 1. The zero-order chi connectivity index (χ0) is 10.4. The highest BCUT2D eigenvalue weighted by Gasteiger charge is 2.17. The van der Waals surface area contributed by atoms with Gasteiger partial charge in [0, 0.05) is 6.04 Å². The predicted molar refractivity (Wildman–Crippen MR) is 58.9 cm³/mol. The molecule has 1 fully saturated rings. The molecule has 0 atom stereocenters. The maximum absolute atomic E-state index is 8.85. The van der Waals surface area contributed by atoms with Crippen LogP contribution in [-0.4, -0.2) is 12.6 Å². The highest BCUT2D eigenvalue weighted by molar-refractivity contribution is 4.92. The topological polar surface area (TPSA) is 35.8 Å². The first-order chi connectivity index (χ1) is 6.64. The first-order valence-electron chi connectivity index (χ1n) is 5.79. The normalized spacial score (nSPS) is 19.2. The van der Waals surface area contributed by atoms with Crippen molar-refractivity contribution >= 4 is 0 Å². The molecule has 1 aliphatic carbocycles. The average Bonchev–Trinajstić information content (AvgIpc) is 2.19. The minimum Gasteiger partial charge on any atom is -0.314 e. The Kier molecular flexibility index (Phi) is 4.41. The highest BCUT2D eigenvalue weighted by atomic mass is 14.9. The number of nitriles is 1. The van der Waals surface area contributed by atoms with Crippen molar-refractivity contribution < 1.29 is 0 Å². The molecular weight excluding hydrogens is 172 g/mol. The molecular formula is C12H22N2. The average molecular weight is 194 g/mol. The lowest BCUT2D eigenvalue weighted by Crippen LogP contribution is -2.33. The van der Waals surface area contributed by atoms with Crippen molar-refractivity contribution in [2.24, 2.45) is 5.41 Å². The van der Waals surface area contributed by atoms with Crippen LogP contribution in [0.1, 0.15) is 52.4 Å². The first kappa shape index (κ1) is 11.5. The molecule has 0 amide bonds. The summed E-state index contributed by atoms with van der Waals surface area (Å²) in [5, 5.41) is 12.4. The molecule has 14 heavy (non-hydrogen) atoms. The monoisotopic (exact) mass is 194 g/mol. The van der Waals surface area contributed by atoms with Gasteiger partial charge in [-0.3, -0.25) is 0 Å². The third-order valence-corrected chi connectivity index (χ3v) is 3.09. The van der Waals surface area contributed by atoms with Gasteiger partial charge in [-0.1, -0.05) is 19.3 Å². The van der Waals surface area contributed by atoms with Crippen molar-refractivity contribution in [2.75, 3.05) is 6.54 Å². The van der Waals surface area contributed by atoms with Crippen LogP contribution < -0.4 is 5.32 Å². The Balaban J connectivity index is 2.12. The summed E-state index contributed by atoms with van der Waals surface area (Å²) < 4.78 is 0. The molecule has 0 aromatic carbocycles. The minimum absolute atomic E-state index is 0.165. The molecule has 1 aliphatic rings. The van der Waals surface area contributed by atoms with E-state index in [4.69, 9.17) is 5.26 Å². The van der Waals surface area contributed by atoms with Gasteiger partial charge in [-0.15, -0.1) is 0 Å². The number of nitrogens with one attached hydrogen (secondary N) is 1. The second kappa shape index (κ2) is 5.36. The zero-order valence-corrected chi connectivity index (χ0v) is 9.47. The number of hydrogen-bond donors (Lipinski definition) is 1. The Morgan fingerprint density at radius 1 is 1.29 bits per heavy atom. The Bertz CT molecular complexity index is 197. The van der Waals surface area contributed by atoms with Crippen LogP contribution in [0.5, 0.6) is 0 Å². The molecule has 1 N–H and O–H groups in total. The largest absolute Gasteiger partial charge is 0.314 e. The minimum atomic E-state index is -0.165. The van der Waals surface area contributed by atoms with Gasteiger partial charge in [-0.25, -0.2) is 0 Å². The molecule has 0 aromatic heterocycles. The van der Waals surface area contributed by atoms with Gasteiger partial charge in [0.25, 0.3) is 0 Å². The predicted octanol–water partition coefficient (Wildman–Crippen LogP) is 2.85. The van der Waals surface area contributed by atoms with E-state index in [0.717, 1.165) is 19.0 Å². The Hall–Kier alpha value is -0.550. The maximum atomic E-state index is 8.85.